The fourth-order valence-electron chi connectivity index (χ4n) is 2.31. The molecule has 1 aliphatic rings. The SMILES string of the molecule is CC(O)(Cc1cccc(C(F)(F)F)c1)CC1CC1. The van der Waals surface area contributed by atoms with Crippen molar-refractivity contribution >= 4 is 0 Å². The van der Waals surface area contributed by atoms with E-state index in [0.717, 1.165) is 25.0 Å². The van der Waals surface area contributed by atoms with Crippen LogP contribution in [-0.2, 0) is 12.6 Å². The number of alkyl halides is 3. The first-order valence-corrected chi connectivity index (χ1v) is 6.15. The summed E-state index contributed by atoms with van der Waals surface area (Å²) in [6, 6.07) is 5.21. The predicted molar refractivity (Wildman–Crippen MR) is 63.1 cm³/mol. The number of aliphatic hydroxyl groups is 1. The summed E-state index contributed by atoms with van der Waals surface area (Å²) in [4.78, 5) is 0. The van der Waals surface area contributed by atoms with Crippen molar-refractivity contribution in [2.75, 3.05) is 0 Å². The van der Waals surface area contributed by atoms with Crippen molar-refractivity contribution in [3.8, 4) is 0 Å². The van der Waals surface area contributed by atoms with Gasteiger partial charge in [0.1, 0.15) is 0 Å². The van der Waals surface area contributed by atoms with Crippen LogP contribution in [0.2, 0.25) is 0 Å². The average molecular weight is 258 g/mol. The highest BCUT2D eigenvalue weighted by Crippen LogP contribution is 2.38. The van der Waals surface area contributed by atoms with Crippen molar-refractivity contribution in [2.24, 2.45) is 5.92 Å². The zero-order valence-corrected chi connectivity index (χ0v) is 10.3. The molecule has 1 aromatic carbocycles. The van der Waals surface area contributed by atoms with Crippen LogP contribution in [0.1, 0.15) is 37.3 Å². The second-order valence-corrected chi connectivity index (χ2v) is 5.52. The zero-order chi connectivity index (χ0) is 13.4. The summed E-state index contributed by atoms with van der Waals surface area (Å²) < 4.78 is 37.7. The largest absolute Gasteiger partial charge is 0.416 e. The van der Waals surface area contributed by atoms with Gasteiger partial charge in [-0.05, 0) is 30.9 Å². The molecule has 0 aromatic heterocycles. The molecular formula is C14H17F3O. The Bertz CT molecular complexity index is 419. The minimum atomic E-state index is -4.32. The van der Waals surface area contributed by atoms with Crippen LogP contribution in [0.15, 0.2) is 24.3 Å². The molecule has 4 heteroatoms. The lowest BCUT2D eigenvalue weighted by Crippen LogP contribution is -2.28. The van der Waals surface area contributed by atoms with E-state index in [1.807, 2.05) is 0 Å². The molecule has 0 spiro atoms. The molecule has 0 amide bonds. The monoisotopic (exact) mass is 258 g/mol. The van der Waals surface area contributed by atoms with Crippen LogP contribution in [0.4, 0.5) is 13.2 Å². The third-order valence-corrected chi connectivity index (χ3v) is 3.26. The van der Waals surface area contributed by atoms with Gasteiger partial charge < -0.3 is 5.11 Å². The van der Waals surface area contributed by atoms with E-state index in [-0.39, 0.29) is 6.42 Å². The first-order valence-electron chi connectivity index (χ1n) is 6.15. The Hall–Kier alpha value is -1.03. The molecule has 0 heterocycles. The molecule has 100 valence electrons. The topological polar surface area (TPSA) is 20.2 Å². The molecule has 0 aliphatic heterocycles. The zero-order valence-electron chi connectivity index (χ0n) is 10.3. The van der Waals surface area contributed by atoms with Crippen molar-refractivity contribution in [3.63, 3.8) is 0 Å². The summed E-state index contributed by atoms with van der Waals surface area (Å²) in [7, 11) is 0. The lowest BCUT2D eigenvalue weighted by atomic mass is 9.90. The highest BCUT2D eigenvalue weighted by Gasteiger charge is 2.33. The van der Waals surface area contributed by atoms with Crippen LogP contribution in [0, 0.1) is 5.92 Å². The summed E-state index contributed by atoms with van der Waals surface area (Å²) in [5.74, 6) is 0.547. The van der Waals surface area contributed by atoms with E-state index < -0.39 is 17.3 Å². The second-order valence-electron chi connectivity index (χ2n) is 5.52. The summed E-state index contributed by atoms with van der Waals surface area (Å²) in [5, 5.41) is 10.2. The standard InChI is InChI=1S/C14H17F3O/c1-13(18,8-10-5-6-10)9-11-3-2-4-12(7-11)14(15,16)17/h2-4,7,10,18H,5-6,8-9H2,1H3. The number of benzene rings is 1. The van der Waals surface area contributed by atoms with Gasteiger partial charge in [0.25, 0.3) is 0 Å². The van der Waals surface area contributed by atoms with Gasteiger partial charge >= 0.3 is 6.18 Å². The maximum absolute atomic E-state index is 12.6. The molecule has 1 aromatic rings. The van der Waals surface area contributed by atoms with Crippen LogP contribution >= 0.6 is 0 Å². The maximum Gasteiger partial charge on any atom is 0.416 e. The molecule has 1 atom stereocenters. The van der Waals surface area contributed by atoms with E-state index in [4.69, 9.17) is 0 Å². The lowest BCUT2D eigenvalue weighted by molar-refractivity contribution is -0.137. The van der Waals surface area contributed by atoms with E-state index in [0.29, 0.717) is 17.9 Å². The molecule has 1 fully saturated rings. The van der Waals surface area contributed by atoms with Gasteiger partial charge in [0.05, 0.1) is 11.2 Å². The number of rotatable bonds is 4. The van der Waals surface area contributed by atoms with E-state index in [2.05, 4.69) is 0 Å². The van der Waals surface area contributed by atoms with Gasteiger partial charge in [-0.25, -0.2) is 0 Å². The van der Waals surface area contributed by atoms with E-state index in [9.17, 15) is 18.3 Å². The molecule has 0 radical (unpaired) electrons. The molecule has 1 saturated carbocycles. The molecule has 2 rings (SSSR count). The van der Waals surface area contributed by atoms with Gasteiger partial charge in [-0.3, -0.25) is 0 Å². The predicted octanol–water partition coefficient (Wildman–Crippen LogP) is 3.80. The summed E-state index contributed by atoms with van der Waals surface area (Å²) in [6.45, 7) is 1.70. The van der Waals surface area contributed by atoms with Gasteiger partial charge in [-0.2, -0.15) is 13.2 Å². The third-order valence-electron chi connectivity index (χ3n) is 3.26. The number of hydrogen-bond donors (Lipinski definition) is 1. The average Bonchev–Trinajstić information content (AvgIpc) is 2.99. The Labute approximate surface area is 105 Å². The molecule has 0 bridgehead atoms. The van der Waals surface area contributed by atoms with E-state index in [1.54, 1.807) is 13.0 Å². The Kier molecular flexibility index (Phi) is 3.41. The lowest BCUT2D eigenvalue weighted by Gasteiger charge is -2.23. The smallest absolute Gasteiger partial charge is 0.390 e. The summed E-state index contributed by atoms with van der Waals surface area (Å²) in [6.07, 6.45) is -1.13. The first-order chi connectivity index (χ1) is 8.26. The molecule has 1 unspecified atom stereocenters. The van der Waals surface area contributed by atoms with E-state index >= 15 is 0 Å². The van der Waals surface area contributed by atoms with E-state index in [1.165, 1.54) is 6.07 Å². The van der Waals surface area contributed by atoms with Crippen molar-refractivity contribution in [3.05, 3.63) is 35.4 Å². The van der Waals surface area contributed by atoms with Gasteiger partial charge in [0.15, 0.2) is 0 Å². The van der Waals surface area contributed by atoms with Crippen molar-refractivity contribution in [1.29, 1.82) is 0 Å². The molecule has 1 aliphatic carbocycles. The Morgan fingerprint density at radius 1 is 1.28 bits per heavy atom. The molecule has 18 heavy (non-hydrogen) atoms. The van der Waals surface area contributed by atoms with Gasteiger partial charge in [-0.1, -0.05) is 31.0 Å². The first kappa shape index (κ1) is 13.4. The quantitative estimate of drug-likeness (QED) is 0.871. The Balaban J connectivity index is 2.08. The van der Waals surface area contributed by atoms with Crippen molar-refractivity contribution < 1.29 is 18.3 Å². The minimum absolute atomic E-state index is 0.271. The highest BCUT2D eigenvalue weighted by molar-refractivity contribution is 5.26. The van der Waals surface area contributed by atoms with Gasteiger partial charge in [0, 0.05) is 6.42 Å². The summed E-state index contributed by atoms with van der Waals surface area (Å²) in [5.41, 5.74) is -1.02. The van der Waals surface area contributed by atoms with Gasteiger partial charge in [-0.15, -0.1) is 0 Å². The normalized spacial score (nSPS) is 19.6. The van der Waals surface area contributed by atoms with Crippen molar-refractivity contribution in [1.82, 2.24) is 0 Å². The fraction of sp³-hybridized carbons (Fsp3) is 0.571. The molecule has 1 N–H and O–H groups in total. The Morgan fingerprint density at radius 3 is 2.50 bits per heavy atom. The highest BCUT2D eigenvalue weighted by atomic mass is 19.4. The van der Waals surface area contributed by atoms with Gasteiger partial charge in [0.2, 0.25) is 0 Å². The van der Waals surface area contributed by atoms with Crippen LogP contribution in [0.3, 0.4) is 0 Å². The fourth-order valence-corrected chi connectivity index (χ4v) is 2.31. The van der Waals surface area contributed by atoms with Crippen LogP contribution in [-0.4, -0.2) is 10.7 Å². The van der Waals surface area contributed by atoms with Crippen LogP contribution in [0.25, 0.3) is 0 Å². The Morgan fingerprint density at radius 2 is 1.94 bits per heavy atom. The number of hydrogen-bond acceptors (Lipinski definition) is 1. The maximum atomic E-state index is 12.6. The number of halogens is 3. The van der Waals surface area contributed by atoms with Crippen LogP contribution in [0.5, 0.6) is 0 Å². The second kappa shape index (κ2) is 4.57. The minimum Gasteiger partial charge on any atom is -0.390 e. The molecule has 1 nitrogen and oxygen atoms in total. The molecule has 0 saturated heterocycles. The molecular weight excluding hydrogens is 241 g/mol. The third kappa shape index (κ3) is 3.73. The van der Waals surface area contributed by atoms with Crippen molar-refractivity contribution in [2.45, 2.75) is 44.4 Å². The summed E-state index contributed by atoms with van der Waals surface area (Å²) >= 11 is 0. The van der Waals surface area contributed by atoms with Crippen LogP contribution < -0.4 is 0 Å².